The second-order valence-corrected chi connectivity index (χ2v) is 6.84. The van der Waals surface area contributed by atoms with Gasteiger partial charge in [-0.2, -0.15) is 0 Å². The van der Waals surface area contributed by atoms with Crippen LogP contribution in [0.3, 0.4) is 0 Å². The van der Waals surface area contributed by atoms with E-state index in [2.05, 4.69) is 35.9 Å². The number of halogens is 2. The van der Waals surface area contributed by atoms with Gasteiger partial charge in [-0.1, -0.05) is 18.0 Å². The van der Waals surface area contributed by atoms with Gasteiger partial charge in [0.05, 0.1) is 11.2 Å². The topological polar surface area (TPSA) is 87.7 Å². The van der Waals surface area contributed by atoms with E-state index in [0.717, 1.165) is 19.5 Å². The van der Waals surface area contributed by atoms with Gasteiger partial charge in [0.25, 0.3) is 0 Å². The molecule has 1 fully saturated rings. The molecule has 0 aliphatic carbocycles. The number of aromatic nitrogens is 4. The second-order valence-electron chi connectivity index (χ2n) is 6.43. The van der Waals surface area contributed by atoms with Crippen LogP contribution in [0.2, 0.25) is 5.02 Å². The van der Waals surface area contributed by atoms with Gasteiger partial charge < -0.3 is 16.0 Å². The van der Waals surface area contributed by atoms with Crippen molar-refractivity contribution in [2.24, 2.45) is 0 Å². The molecule has 1 unspecified atom stereocenters. The molecule has 2 aromatic heterocycles. The molecule has 7 nitrogen and oxygen atoms in total. The SMILES string of the molecule is Fc1ccc(Nc2ncnc3cnc(NCC4CCCCN4)nc23)cc1Cl. The quantitative estimate of drug-likeness (QED) is 0.617. The standard InChI is InChI=1S/C18H19ClFN7/c19-13-7-11(4-5-14(13)20)26-17-16-15(24-10-25-17)9-23-18(27-16)22-8-12-3-1-2-6-21-12/h4-5,7,9-10,12,21H,1-3,6,8H2,(H,22,23,27)(H,24,25,26). The molecule has 140 valence electrons. The highest BCUT2D eigenvalue weighted by atomic mass is 35.5. The molecule has 0 radical (unpaired) electrons. The molecule has 3 aromatic rings. The van der Waals surface area contributed by atoms with Gasteiger partial charge in [0.2, 0.25) is 5.95 Å². The molecule has 27 heavy (non-hydrogen) atoms. The normalized spacial score (nSPS) is 17.0. The van der Waals surface area contributed by atoms with Crippen molar-refractivity contribution in [1.82, 2.24) is 25.3 Å². The maximum atomic E-state index is 13.4. The first kappa shape index (κ1) is 17.8. The predicted octanol–water partition coefficient (Wildman–Crippen LogP) is 3.51. The van der Waals surface area contributed by atoms with Crippen LogP contribution in [-0.2, 0) is 0 Å². The molecular weight excluding hydrogens is 369 g/mol. The van der Waals surface area contributed by atoms with Crippen molar-refractivity contribution in [3.8, 4) is 0 Å². The van der Waals surface area contributed by atoms with Crippen molar-refractivity contribution in [2.75, 3.05) is 23.7 Å². The Morgan fingerprint density at radius 3 is 2.96 bits per heavy atom. The lowest BCUT2D eigenvalue weighted by molar-refractivity contribution is 0.413. The molecular formula is C18H19ClFN7. The lowest BCUT2D eigenvalue weighted by Gasteiger charge is -2.23. The fraction of sp³-hybridized carbons (Fsp3) is 0.333. The molecule has 4 rings (SSSR count). The minimum absolute atomic E-state index is 0.0373. The van der Waals surface area contributed by atoms with Crippen molar-refractivity contribution in [1.29, 1.82) is 0 Å². The van der Waals surface area contributed by atoms with E-state index in [1.165, 1.54) is 31.3 Å². The highest BCUT2D eigenvalue weighted by Crippen LogP contribution is 2.25. The molecule has 0 bridgehead atoms. The number of nitrogens with one attached hydrogen (secondary N) is 3. The lowest BCUT2D eigenvalue weighted by atomic mass is 10.1. The number of rotatable bonds is 5. The van der Waals surface area contributed by atoms with Crippen LogP contribution in [0, 0.1) is 5.82 Å². The van der Waals surface area contributed by atoms with Crippen LogP contribution >= 0.6 is 11.6 Å². The van der Waals surface area contributed by atoms with Gasteiger partial charge in [-0.05, 0) is 37.6 Å². The van der Waals surface area contributed by atoms with Crippen LogP contribution in [0.25, 0.3) is 11.0 Å². The monoisotopic (exact) mass is 387 g/mol. The van der Waals surface area contributed by atoms with Crippen LogP contribution in [0.15, 0.2) is 30.7 Å². The van der Waals surface area contributed by atoms with Gasteiger partial charge >= 0.3 is 0 Å². The summed E-state index contributed by atoms with van der Waals surface area (Å²) >= 11 is 5.85. The highest BCUT2D eigenvalue weighted by Gasteiger charge is 2.13. The summed E-state index contributed by atoms with van der Waals surface area (Å²) in [6.07, 6.45) is 6.69. The molecule has 1 aliphatic rings. The summed E-state index contributed by atoms with van der Waals surface area (Å²) in [7, 11) is 0. The lowest BCUT2D eigenvalue weighted by Crippen LogP contribution is -2.39. The number of hydrogen-bond acceptors (Lipinski definition) is 7. The zero-order valence-electron chi connectivity index (χ0n) is 14.5. The second kappa shape index (κ2) is 7.98. The van der Waals surface area contributed by atoms with Gasteiger partial charge in [0.15, 0.2) is 5.82 Å². The van der Waals surface area contributed by atoms with Gasteiger partial charge in [0, 0.05) is 18.3 Å². The Balaban J connectivity index is 1.56. The Labute approximate surface area is 160 Å². The van der Waals surface area contributed by atoms with E-state index in [1.807, 2.05) is 0 Å². The summed E-state index contributed by atoms with van der Waals surface area (Å²) in [4.78, 5) is 17.3. The van der Waals surface area contributed by atoms with Crippen molar-refractivity contribution in [3.05, 3.63) is 41.6 Å². The van der Waals surface area contributed by atoms with Crippen LogP contribution in [0.1, 0.15) is 19.3 Å². The van der Waals surface area contributed by atoms with Crippen LogP contribution < -0.4 is 16.0 Å². The van der Waals surface area contributed by atoms with Gasteiger partial charge in [0.1, 0.15) is 23.2 Å². The first-order valence-corrected chi connectivity index (χ1v) is 9.24. The first-order valence-electron chi connectivity index (χ1n) is 8.86. The van der Waals surface area contributed by atoms with Gasteiger partial charge in [-0.15, -0.1) is 0 Å². The maximum absolute atomic E-state index is 13.4. The number of nitrogens with zero attached hydrogens (tertiary/aromatic N) is 4. The molecule has 0 spiro atoms. The zero-order valence-corrected chi connectivity index (χ0v) is 15.3. The summed E-state index contributed by atoms with van der Waals surface area (Å²) in [5.74, 6) is 0.550. The van der Waals surface area contributed by atoms with Crippen LogP contribution in [0.4, 0.5) is 21.8 Å². The smallest absolute Gasteiger partial charge is 0.223 e. The van der Waals surface area contributed by atoms with Crippen LogP contribution in [0.5, 0.6) is 0 Å². The molecule has 0 saturated carbocycles. The van der Waals surface area contributed by atoms with E-state index in [9.17, 15) is 4.39 Å². The largest absolute Gasteiger partial charge is 0.353 e. The molecule has 1 aromatic carbocycles. The Bertz CT molecular complexity index is 946. The van der Waals surface area contributed by atoms with Crippen molar-refractivity contribution >= 4 is 40.1 Å². The minimum Gasteiger partial charge on any atom is -0.353 e. The van der Waals surface area contributed by atoms with Crippen LogP contribution in [-0.4, -0.2) is 39.1 Å². The van der Waals surface area contributed by atoms with E-state index in [0.29, 0.717) is 34.5 Å². The van der Waals surface area contributed by atoms with E-state index in [-0.39, 0.29) is 5.02 Å². The predicted molar refractivity (Wildman–Crippen MR) is 104 cm³/mol. The Hall–Kier alpha value is -2.58. The third-order valence-electron chi connectivity index (χ3n) is 4.48. The van der Waals surface area contributed by atoms with E-state index in [4.69, 9.17) is 11.6 Å². The summed E-state index contributed by atoms with van der Waals surface area (Å²) < 4.78 is 13.4. The Morgan fingerprint density at radius 1 is 1.22 bits per heavy atom. The number of benzene rings is 1. The molecule has 1 atom stereocenters. The third kappa shape index (κ3) is 4.23. The third-order valence-corrected chi connectivity index (χ3v) is 4.77. The van der Waals surface area contributed by atoms with Gasteiger partial charge in [-0.3, -0.25) is 0 Å². The molecule has 9 heteroatoms. The summed E-state index contributed by atoms with van der Waals surface area (Å²) in [5.41, 5.74) is 1.80. The number of piperidine rings is 1. The Kier molecular flexibility index (Phi) is 5.26. The van der Waals surface area contributed by atoms with E-state index in [1.54, 1.807) is 12.3 Å². The summed E-state index contributed by atoms with van der Waals surface area (Å²) in [5, 5.41) is 9.91. The molecule has 1 saturated heterocycles. The maximum Gasteiger partial charge on any atom is 0.223 e. The first-order chi connectivity index (χ1) is 13.2. The number of hydrogen-bond donors (Lipinski definition) is 3. The summed E-state index contributed by atoms with van der Waals surface area (Å²) in [6.45, 7) is 1.81. The average molecular weight is 388 g/mol. The van der Waals surface area contributed by atoms with E-state index >= 15 is 0 Å². The average Bonchev–Trinajstić information content (AvgIpc) is 2.70. The molecule has 1 aliphatic heterocycles. The van der Waals surface area contributed by atoms with Crippen molar-refractivity contribution in [3.63, 3.8) is 0 Å². The van der Waals surface area contributed by atoms with Gasteiger partial charge in [-0.25, -0.2) is 24.3 Å². The van der Waals surface area contributed by atoms with E-state index < -0.39 is 5.82 Å². The number of anilines is 3. The summed E-state index contributed by atoms with van der Waals surface area (Å²) in [6, 6.07) is 4.81. The minimum atomic E-state index is -0.472. The fourth-order valence-corrected chi connectivity index (χ4v) is 3.23. The van der Waals surface area contributed by atoms with Crippen molar-refractivity contribution in [2.45, 2.75) is 25.3 Å². The van der Waals surface area contributed by atoms with Crippen molar-refractivity contribution < 1.29 is 4.39 Å². The number of fused-ring (bicyclic) bond motifs is 1. The molecule has 0 amide bonds. The molecule has 3 heterocycles. The molecule has 3 N–H and O–H groups in total. The zero-order chi connectivity index (χ0) is 18.6. The highest BCUT2D eigenvalue weighted by molar-refractivity contribution is 6.31. The Morgan fingerprint density at radius 2 is 2.15 bits per heavy atom. The fourth-order valence-electron chi connectivity index (χ4n) is 3.05.